The van der Waals surface area contributed by atoms with Gasteiger partial charge >= 0.3 is 11.9 Å². The first-order valence-electron chi connectivity index (χ1n) is 8.02. The van der Waals surface area contributed by atoms with Gasteiger partial charge in [0.2, 0.25) is 0 Å². The summed E-state index contributed by atoms with van der Waals surface area (Å²) in [6.07, 6.45) is -6.33. The third-order valence-electron chi connectivity index (χ3n) is 3.89. The fraction of sp³-hybridized carbons (Fsp3) is 0.263. The first kappa shape index (κ1) is 18.0. The van der Waals surface area contributed by atoms with Crippen LogP contribution in [0, 0.1) is 0 Å². The second-order valence-corrected chi connectivity index (χ2v) is 5.71. The molecule has 1 heterocycles. The Bertz CT molecular complexity index is 686. The quantitative estimate of drug-likeness (QED) is 0.841. The number of aliphatic hydroxyl groups is 1. The van der Waals surface area contributed by atoms with Crippen LogP contribution in [0.3, 0.4) is 0 Å². The zero-order valence-electron chi connectivity index (χ0n) is 13.7. The molecular weight excluding hydrogens is 343 g/mol. The average Bonchev–Trinajstić information content (AvgIpc) is 2.68. The van der Waals surface area contributed by atoms with Crippen molar-refractivity contribution in [2.75, 3.05) is 6.61 Å². The molecule has 0 spiro atoms. The molecule has 0 bridgehead atoms. The van der Waals surface area contributed by atoms with Gasteiger partial charge in [0.1, 0.15) is 0 Å². The van der Waals surface area contributed by atoms with Crippen LogP contribution in [0.5, 0.6) is 0 Å². The van der Waals surface area contributed by atoms with Gasteiger partial charge < -0.3 is 19.3 Å². The summed E-state index contributed by atoms with van der Waals surface area (Å²) in [7, 11) is 0. The Kier molecular flexibility index (Phi) is 5.60. The molecule has 2 aromatic rings. The molecule has 1 N–H and O–H groups in total. The number of carbonyl (C=O) groups excluding carboxylic acids is 2. The van der Waals surface area contributed by atoms with Gasteiger partial charge in [0, 0.05) is 0 Å². The molecule has 1 aliphatic heterocycles. The van der Waals surface area contributed by atoms with E-state index in [1.807, 2.05) is 0 Å². The van der Waals surface area contributed by atoms with E-state index in [0.717, 1.165) is 0 Å². The number of aliphatic hydroxyl groups excluding tert-OH is 1. The van der Waals surface area contributed by atoms with Crippen LogP contribution < -0.4 is 0 Å². The minimum atomic E-state index is -1.75. The maximum atomic E-state index is 14.3. The Balaban J connectivity index is 1.76. The number of rotatable bonds is 4. The summed E-state index contributed by atoms with van der Waals surface area (Å²) in [5.74, 6) is -1.57. The minimum Gasteiger partial charge on any atom is -0.451 e. The zero-order chi connectivity index (χ0) is 18.5. The number of halogens is 1. The van der Waals surface area contributed by atoms with E-state index in [4.69, 9.17) is 14.2 Å². The predicted octanol–water partition coefficient (Wildman–Crippen LogP) is 2.12. The molecule has 1 unspecified atom stereocenters. The van der Waals surface area contributed by atoms with E-state index in [9.17, 15) is 19.1 Å². The summed E-state index contributed by atoms with van der Waals surface area (Å²) < 4.78 is 29.5. The van der Waals surface area contributed by atoms with E-state index in [2.05, 4.69) is 0 Å². The van der Waals surface area contributed by atoms with Crippen molar-refractivity contribution in [1.82, 2.24) is 0 Å². The highest BCUT2D eigenvalue weighted by Crippen LogP contribution is 2.24. The minimum absolute atomic E-state index is 0.216. The summed E-state index contributed by atoms with van der Waals surface area (Å²) in [5, 5.41) is 9.98. The third kappa shape index (κ3) is 4.07. The summed E-state index contributed by atoms with van der Waals surface area (Å²) in [5.41, 5.74) is 0.433. The van der Waals surface area contributed by atoms with Crippen LogP contribution >= 0.6 is 0 Å². The van der Waals surface area contributed by atoms with E-state index in [0.29, 0.717) is 0 Å². The third-order valence-corrected chi connectivity index (χ3v) is 3.89. The maximum absolute atomic E-state index is 14.3. The summed E-state index contributed by atoms with van der Waals surface area (Å²) >= 11 is 0. The topological polar surface area (TPSA) is 82.1 Å². The van der Waals surface area contributed by atoms with Crippen molar-refractivity contribution in [3.63, 3.8) is 0 Å². The van der Waals surface area contributed by atoms with Crippen molar-refractivity contribution in [3.05, 3.63) is 71.8 Å². The molecule has 1 aliphatic rings. The Morgan fingerprint density at radius 2 is 1.35 bits per heavy atom. The molecular formula is C19H17FO6. The van der Waals surface area contributed by atoms with Gasteiger partial charge in [-0.2, -0.15) is 0 Å². The van der Waals surface area contributed by atoms with E-state index in [1.54, 1.807) is 36.4 Å². The number of hydrogen-bond acceptors (Lipinski definition) is 6. The van der Waals surface area contributed by atoms with Crippen LogP contribution in [0.4, 0.5) is 4.39 Å². The molecule has 0 aromatic heterocycles. The molecule has 6 nitrogen and oxygen atoms in total. The highest BCUT2D eigenvalue weighted by molar-refractivity contribution is 5.90. The monoisotopic (exact) mass is 360 g/mol. The van der Waals surface area contributed by atoms with Crippen molar-refractivity contribution in [3.8, 4) is 0 Å². The fourth-order valence-electron chi connectivity index (χ4n) is 2.55. The second kappa shape index (κ2) is 8.07. The molecule has 7 heteroatoms. The first-order valence-corrected chi connectivity index (χ1v) is 8.02. The molecule has 3 rings (SSSR count). The lowest BCUT2D eigenvalue weighted by Crippen LogP contribution is -2.55. The number of esters is 2. The normalized spacial score (nSPS) is 25.3. The van der Waals surface area contributed by atoms with Crippen LogP contribution in [-0.4, -0.2) is 48.3 Å². The molecule has 0 saturated carbocycles. The Hall–Kier alpha value is -2.77. The van der Waals surface area contributed by atoms with Gasteiger partial charge in [-0.05, 0) is 24.3 Å². The lowest BCUT2D eigenvalue weighted by molar-refractivity contribution is -0.240. The van der Waals surface area contributed by atoms with Crippen LogP contribution in [-0.2, 0) is 14.2 Å². The number of ether oxygens (including phenoxy) is 3. The van der Waals surface area contributed by atoms with E-state index in [-0.39, 0.29) is 11.1 Å². The summed E-state index contributed by atoms with van der Waals surface area (Å²) in [6, 6.07) is 16.0. The van der Waals surface area contributed by atoms with E-state index < -0.39 is 43.2 Å². The molecule has 2 aromatic carbocycles. The van der Waals surface area contributed by atoms with Gasteiger partial charge in [-0.25, -0.2) is 14.0 Å². The lowest BCUT2D eigenvalue weighted by Gasteiger charge is -2.36. The number of carbonyl (C=O) groups is 2. The van der Waals surface area contributed by atoms with Crippen LogP contribution in [0.1, 0.15) is 20.7 Å². The molecule has 1 saturated heterocycles. The highest BCUT2D eigenvalue weighted by Gasteiger charge is 2.45. The molecule has 0 radical (unpaired) electrons. The smallest absolute Gasteiger partial charge is 0.338 e. The molecule has 26 heavy (non-hydrogen) atoms. The number of benzene rings is 2. The first-order chi connectivity index (χ1) is 12.6. The van der Waals surface area contributed by atoms with Crippen molar-refractivity contribution in [2.24, 2.45) is 0 Å². The van der Waals surface area contributed by atoms with Gasteiger partial charge in [0.15, 0.2) is 24.7 Å². The molecule has 136 valence electrons. The Morgan fingerprint density at radius 1 is 0.885 bits per heavy atom. The van der Waals surface area contributed by atoms with Crippen LogP contribution in [0.15, 0.2) is 60.7 Å². The average molecular weight is 360 g/mol. The van der Waals surface area contributed by atoms with Crippen molar-refractivity contribution in [1.29, 1.82) is 0 Å². The largest absolute Gasteiger partial charge is 0.451 e. The standard InChI is InChI=1S/C19H17FO6/c20-14-11-24-19(23)16(26-18(22)13-9-5-2-6-10-13)15(14)25-17(21)12-7-3-1-4-8-12/h1-10,14-16,19,23H,11H2/t14-,15+,16-,19?/m1/s1. The van der Waals surface area contributed by atoms with Gasteiger partial charge in [-0.15, -0.1) is 0 Å². The van der Waals surface area contributed by atoms with Gasteiger partial charge in [-0.3, -0.25) is 0 Å². The highest BCUT2D eigenvalue weighted by atomic mass is 19.1. The predicted molar refractivity (Wildman–Crippen MR) is 88.1 cm³/mol. The fourth-order valence-corrected chi connectivity index (χ4v) is 2.55. The molecule has 0 aliphatic carbocycles. The van der Waals surface area contributed by atoms with Gasteiger partial charge in [0.25, 0.3) is 0 Å². The second-order valence-electron chi connectivity index (χ2n) is 5.71. The van der Waals surface area contributed by atoms with E-state index >= 15 is 0 Å². The molecule has 0 amide bonds. The van der Waals surface area contributed by atoms with Gasteiger partial charge in [-0.1, -0.05) is 36.4 Å². The van der Waals surface area contributed by atoms with Crippen LogP contribution in [0.25, 0.3) is 0 Å². The Labute approximate surface area is 149 Å². The molecule has 1 fully saturated rings. The van der Waals surface area contributed by atoms with Crippen molar-refractivity contribution >= 4 is 11.9 Å². The SMILES string of the molecule is O=C(O[C@H]1[C@H](F)COC(O)[C@@H]1OC(=O)c1ccccc1)c1ccccc1. The molecule has 4 atom stereocenters. The van der Waals surface area contributed by atoms with Gasteiger partial charge in [0.05, 0.1) is 17.7 Å². The van der Waals surface area contributed by atoms with Crippen molar-refractivity contribution in [2.45, 2.75) is 24.7 Å². The lowest BCUT2D eigenvalue weighted by atomic mass is 10.1. The number of alkyl halides is 1. The summed E-state index contributed by atoms with van der Waals surface area (Å²) in [6.45, 7) is -0.479. The van der Waals surface area contributed by atoms with Crippen LogP contribution in [0.2, 0.25) is 0 Å². The zero-order valence-corrected chi connectivity index (χ0v) is 13.7. The summed E-state index contributed by atoms with van der Waals surface area (Å²) in [4.78, 5) is 24.4. The number of hydrogen-bond donors (Lipinski definition) is 1. The van der Waals surface area contributed by atoms with Crippen molar-refractivity contribution < 1.29 is 33.3 Å². The maximum Gasteiger partial charge on any atom is 0.338 e. The Morgan fingerprint density at radius 3 is 1.85 bits per heavy atom. The van der Waals surface area contributed by atoms with E-state index in [1.165, 1.54) is 24.3 Å².